The maximum absolute atomic E-state index is 13.0. The van der Waals surface area contributed by atoms with Gasteiger partial charge in [-0.1, -0.05) is 24.3 Å². The lowest BCUT2D eigenvalue weighted by molar-refractivity contribution is -0.137. The second kappa shape index (κ2) is 7.67. The molecule has 2 aromatic carbocycles. The smallest absolute Gasteiger partial charge is 0.324 e. The van der Waals surface area contributed by atoms with Gasteiger partial charge in [0.1, 0.15) is 12.6 Å². The summed E-state index contributed by atoms with van der Waals surface area (Å²) in [6.45, 7) is -0.788. The van der Waals surface area contributed by atoms with Crippen LogP contribution in [0, 0.1) is 11.3 Å². The van der Waals surface area contributed by atoms with E-state index >= 15 is 0 Å². The average molecular weight is 397 g/mol. The summed E-state index contributed by atoms with van der Waals surface area (Å²) >= 11 is 0. The molecule has 0 radical (unpaired) electrons. The lowest BCUT2D eigenvalue weighted by Gasteiger charge is -2.23. The van der Waals surface area contributed by atoms with Gasteiger partial charge in [0.25, 0.3) is 0 Å². The van der Waals surface area contributed by atoms with Gasteiger partial charge >= 0.3 is 6.18 Å². The van der Waals surface area contributed by atoms with Crippen molar-refractivity contribution in [1.82, 2.24) is 0 Å². The summed E-state index contributed by atoms with van der Waals surface area (Å²) in [7, 11) is -3.98. The van der Waals surface area contributed by atoms with Crippen molar-refractivity contribution in [2.45, 2.75) is 6.18 Å². The van der Waals surface area contributed by atoms with Crippen LogP contribution in [0.3, 0.4) is 0 Å². The van der Waals surface area contributed by atoms with Gasteiger partial charge in [-0.15, -0.1) is 0 Å². The molecule has 6 nitrogen and oxygen atoms in total. The molecule has 0 aliphatic rings. The van der Waals surface area contributed by atoms with E-state index in [1.165, 1.54) is 36.4 Å². The molecule has 0 atom stereocenters. The number of rotatable bonds is 5. The quantitative estimate of drug-likeness (QED) is 0.840. The van der Waals surface area contributed by atoms with Gasteiger partial charge in [-0.2, -0.15) is 18.4 Å². The molecule has 1 amide bonds. The van der Waals surface area contributed by atoms with E-state index in [4.69, 9.17) is 5.26 Å². The van der Waals surface area contributed by atoms with Crippen molar-refractivity contribution in [2.24, 2.45) is 0 Å². The first kappa shape index (κ1) is 20.3. The van der Waals surface area contributed by atoms with Gasteiger partial charge in [-0.05, 0) is 24.3 Å². The molecule has 0 aromatic heterocycles. The standard InChI is InChI=1S/C17H14F3N3O3S/c1-27(25,26)23(15-9-5-2-6-12(15)10-21)11-16(24)22-14-8-4-3-7-13(14)17(18,19)20/h2-9H,11H2,1H3,(H,22,24). The van der Waals surface area contributed by atoms with Gasteiger partial charge in [0, 0.05) is 0 Å². The monoisotopic (exact) mass is 397 g/mol. The highest BCUT2D eigenvalue weighted by atomic mass is 32.2. The number of nitriles is 1. The molecule has 0 spiro atoms. The van der Waals surface area contributed by atoms with E-state index in [9.17, 15) is 26.4 Å². The minimum atomic E-state index is -4.69. The predicted octanol–water partition coefficient (Wildman–Crippen LogP) is 2.98. The largest absolute Gasteiger partial charge is 0.418 e. The molecule has 0 heterocycles. The maximum atomic E-state index is 13.0. The molecule has 142 valence electrons. The van der Waals surface area contributed by atoms with Gasteiger partial charge in [0.15, 0.2) is 0 Å². The molecule has 0 fully saturated rings. The zero-order valence-electron chi connectivity index (χ0n) is 14.0. The number of nitrogens with one attached hydrogen (secondary N) is 1. The molecule has 10 heteroatoms. The van der Waals surface area contributed by atoms with Crippen LogP contribution in [0.25, 0.3) is 0 Å². The van der Waals surface area contributed by atoms with Crippen molar-refractivity contribution < 1.29 is 26.4 Å². The number of nitrogens with zero attached hydrogens (tertiary/aromatic N) is 2. The fourth-order valence-electron chi connectivity index (χ4n) is 2.33. The van der Waals surface area contributed by atoms with E-state index in [0.717, 1.165) is 18.4 Å². The van der Waals surface area contributed by atoms with E-state index in [1.54, 1.807) is 0 Å². The van der Waals surface area contributed by atoms with Crippen molar-refractivity contribution in [3.05, 3.63) is 59.7 Å². The highest BCUT2D eigenvalue weighted by Crippen LogP contribution is 2.34. The van der Waals surface area contributed by atoms with E-state index in [0.29, 0.717) is 4.31 Å². The van der Waals surface area contributed by atoms with Crippen LogP contribution in [0.2, 0.25) is 0 Å². The number of sulfonamides is 1. The van der Waals surface area contributed by atoms with Crippen molar-refractivity contribution in [1.29, 1.82) is 5.26 Å². The molecule has 2 aromatic rings. The van der Waals surface area contributed by atoms with Crippen LogP contribution >= 0.6 is 0 Å². The number of hydrogen-bond donors (Lipinski definition) is 1. The van der Waals surface area contributed by atoms with Crippen molar-refractivity contribution in [3.8, 4) is 6.07 Å². The van der Waals surface area contributed by atoms with E-state index in [1.807, 2.05) is 6.07 Å². The molecule has 1 N–H and O–H groups in total. The van der Waals surface area contributed by atoms with E-state index < -0.39 is 39.9 Å². The van der Waals surface area contributed by atoms with Crippen LogP contribution in [-0.2, 0) is 21.0 Å². The van der Waals surface area contributed by atoms with E-state index in [2.05, 4.69) is 5.32 Å². The molecule has 2 rings (SSSR count). The third-order valence-corrected chi connectivity index (χ3v) is 4.61. The minimum absolute atomic E-state index is 0.00594. The Morgan fingerprint density at radius 2 is 1.74 bits per heavy atom. The molecule has 0 saturated heterocycles. The highest BCUT2D eigenvalue weighted by Gasteiger charge is 2.34. The Morgan fingerprint density at radius 3 is 2.33 bits per heavy atom. The number of anilines is 2. The first-order chi connectivity index (χ1) is 12.5. The number of hydrogen-bond acceptors (Lipinski definition) is 4. The summed E-state index contributed by atoms with van der Waals surface area (Å²) in [5, 5.41) is 11.2. The van der Waals surface area contributed by atoms with Crippen LogP contribution in [0.4, 0.5) is 24.5 Å². The van der Waals surface area contributed by atoms with Crippen LogP contribution in [0.15, 0.2) is 48.5 Å². The molecule has 0 saturated carbocycles. The Hall–Kier alpha value is -3.06. The van der Waals surface area contributed by atoms with Gasteiger partial charge in [-0.3, -0.25) is 9.10 Å². The second-order valence-electron chi connectivity index (χ2n) is 5.49. The molecule has 0 bridgehead atoms. The number of carbonyl (C=O) groups excluding carboxylic acids is 1. The topological polar surface area (TPSA) is 90.3 Å². The van der Waals surface area contributed by atoms with Crippen LogP contribution < -0.4 is 9.62 Å². The number of amides is 1. The Kier molecular flexibility index (Phi) is 5.75. The van der Waals surface area contributed by atoms with Crippen LogP contribution in [0.5, 0.6) is 0 Å². The summed E-state index contributed by atoms with van der Waals surface area (Å²) in [4.78, 5) is 12.3. The van der Waals surface area contributed by atoms with Crippen molar-refractivity contribution in [3.63, 3.8) is 0 Å². The third-order valence-electron chi connectivity index (χ3n) is 3.49. The number of carbonyl (C=O) groups is 1. The van der Waals surface area contributed by atoms with Gasteiger partial charge < -0.3 is 5.32 Å². The molecular formula is C17H14F3N3O3S. The summed E-state index contributed by atoms with van der Waals surface area (Å²) in [6.07, 6.45) is -3.86. The fourth-order valence-corrected chi connectivity index (χ4v) is 3.19. The molecule has 0 unspecified atom stereocenters. The van der Waals surface area contributed by atoms with Crippen molar-refractivity contribution in [2.75, 3.05) is 22.4 Å². The normalized spacial score (nSPS) is 11.5. The predicted molar refractivity (Wildman–Crippen MR) is 93.4 cm³/mol. The summed E-state index contributed by atoms with van der Waals surface area (Å²) < 4.78 is 63.9. The zero-order valence-corrected chi connectivity index (χ0v) is 14.8. The van der Waals surface area contributed by atoms with Gasteiger partial charge in [0.2, 0.25) is 15.9 Å². The lowest BCUT2D eigenvalue weighted by atomic mass is 10.1. The first-order valence-electron chi connectivity index (χ1n) is 7.47. The summed E-state index contributed by atoms with van der Waals surface area (Å²) in [6, 6.07) is 11.8. The number of alkyl halides is 3. The fraction of sp³-hybridized carbons (Fsp3) is 0.176. The Labute approximate surface area is 153 Å². The molecule has 0 aliphatic heterocycles. The second-order valence-corrected chi connectivity index (χ2v) is 7.40. The molecular weight excluding hydrogens is 383 g/mol. The average Bonchev–Trinajstić information content (AvgIpc) is 2.58. The molecule has 0 aliphatic carbocycles. The lowest BCUT2D eigenvalue weighted by Crippen LogP contribution is -2.38. The van der Waals surface area contributed by atoms with E-state index in [-0.39, 0.29) is 11.3 Å². The first-order valence-corrected chi connectivity index (χ1v) is 9.32. The van der Waals surface area contributed by atoms with Gasteiger partial charge in [-0.25, -0.2) is 8.42 Å². The maximum Gasteiger partial charge on any atom is 0.418 e. The minimum Gasteiger partial charge on any atom is -0.324 e. The Balaban J connectivity index is 2.33. The van der Waals surface area contributed by atoms with Crippen LogP contribution in [0.1, 0.15) is 11.1 Å². The zero-order chi connectivity index (χ0) is 20.2. The summed E-state index contributed by atoms with van der Waals surface area (Å²) in [5.41, 5.74) is -1.58. The third kappa shape index (κ3) is 4.98. The van der Waals surface area contributed by atoms with Crippen molar-refractivity contribution >= 4 is 27.3 Å². The van der Waals surface area contributed by atoms with Crippen LogP contribution in [-0.4, -0.2) is 27.1 Å². The SMILES string of the molecule is CS(=O)(=O)N(CC(=O)Nc1ccccc1C(F)(F)F)c1ccccc1C#N. The van der Waals surface area contributed by atoms with Gasteiger partial charge in [0.05, 0.1) is 28.8 Å². The Morgan fingerprint density at radius 1 is 1.15 bits per heavy atom. The number of benzene rings is 2. The number of halogens is 3. The summed E-state index contributed by atoms with van der Waals surface area (Å²) in [5.74, 6) is -0.982. The molecule has 27 heavy (non-hydrogen) atoms. The Bertz CT molecular complexity index is 998. The highest BCUT2D eigenvalue weighted by molar-refractivity contribution is 7.92. The number of para-hydroxylation sites is 2.